The second-order valence-electron chi connectivity index (χ2n) is 6.08. The number of benzene rings is 1. The summed E-state index contributed by atoms with van der Waals surface area (Å²) in [6.45, 7) is 2.60. The highest BCUT2D eigenvalue weighted by atomic mass is 16.5. The summed E-state index contributed by atoms with van der Waals surface area (Å²) in [7, 11) is 1.47. The van der Waals surface area contributed by atoms with Crippen molar-refractivity contribution in [1.82, 2.24) is 9.88 Å². The zero-order valence-electron chi connectivity index (χ0n) is 14.4. The van der Waals surface area contributed by atoms with Crippen LogP contribution in [0, 0.1) is 6.92 Å². The van der Waals surface area contributed by atoms with Gasteiger partial charge in [0.15, 0.2) is 0 Å². The molecule has 1 fully saturated rings. The maximum Gasteiger partial charge on any atom is 0.314 e. The van der Waals surface area contributed by atoms with E-state index in [4.69, 9.17) is 4.74 Å². The standard InChI is InChI=1S/C19H21N3O3/c1-13-7-9-14(10-8-13)16-6-4-12-22(16)19(24)17(23)21-15-5-3-11-20-18(15)25-2/h3,5,7-11,16H,4,6,12H2,1-2H3,(H,21,23). The molecule has 0 spiro atoms. The molecule has 3 rings (SSSR count). The van der Waals surface area contributed by atoms with Crippen LogP contribution in [-0.2, 0) is 9.59 Å². The van der Waals surface area contributed by atoms with Crippen molar-refractivity contribution >= 4 is 17.5 Å². The molecule has 1 aromatic heterocycles. The van der Waals surface area contributed by atoms with Crippen LogP contribution in [-0.4, -0.2) is 35.4 Å². The Hall–Kier alpha value is -2.89. The van der Waals surface area contributed by atoms with Crippen molar-refractivity contribution in [2.45, 2.75) is 25.8 Å². The summed E-state index contributed by atoms with van der Waals surface area (Å²) in [5.41, 5.74) is 2.61. The lowest BCUT2D eigenvalue weighted by atomic mass is 10.0. The highest BCUT2D eigenvalue weighted by Gasteiger charge is 2.33. The van der Waals surface area contributed by atoms with Gasteiger partial charge in [0, 0.05) is 12.7 Å². The van der Waals surface area contributed by atoms with E-state index >= 15 is 0 Å². The summed E-state index contributed by atoms with van der Waals surface area (Å²) in [6.07, 6.45) is 3.30. The molecule has 2 aromatic rings. The first-order valence-corrected chi connectivity index (χ1v) is 8.27. The summed E-state index contributed by atoms with van der Waals surface area (Å²) in [5, 5.41) is 2.60. The number of nitrogens with one attached hydrogen (secondary N) is 1. The number of methoxy groups -OCH3 is 1. The number of ether oxygens (including phenoxy) is 1. The third kappa shape index (κ3) is 3.63. The maximum absolute atomic E-state index is 12.7. The molecule has 1 aliphatic heterocycles. The van der Waals surface area contributed by atoms with Gasteiger partial charge >= 0.3 is 11.8 Å². The fraction of sp³-hybridized carbons (Fsp3) is 0.316. The predicted octanol–water partition coefficient (Wildman–Crippen LogP) is 2.70. The lowest BCUT2D eigenvalue weighted by Gasteiger charge is -2.24. The Labute approximate surface area is 146 Å². The number of carbonyl (C=O) groups is 2. The van der Waals surface area contributed by atoms with E-state index in [0.29, 0.717) is 12.2 Å². The number of anilines is 1. The topological polar surface area (TPSA) is 71.5 Å². The van der Waals surface area contributed by atoms with Gasteiger partial charge in [-0.05, 0) is 37.5 Å². The molecule has 25 heavy (non-hydrogen) atoms. The van der Waals surface area contributed by atoms with E-state index in [9.17, 15) is 9.59 Å². The van der Waals surface area contributed by atoms with E-state index < -0.39 is 11.8 Å². The van der Waals surface area contributed by atoms with Crippen LogP contribution in [0.4, 0.5) is 5.69 Å². The third-order valence-electron chi connectivity index (χ3n) is 4.38. The first-order valence-electron chi connectivity index (χ1n) is 8.27. The van der Waals surface area contributed by atoms with Crippen LogP contribution in [0.1, 0.15) is 30.0 Å². The summed E-state index contributed by atoms with van der Waals surface area (Å²) < 4.78 is 5.10. The number of likely N-dealkylation sites (tertiary alicyclic amines) is 1. The Balaban J connectivity index is 1.74. The number of amides is 2. The quantitative estimate of drug-likeness (QED) is 0.873. The molecule has 0 bridgehead atoms. The molecule has 1 aromatic carbocycles. The second-order valence-corrected chi connectivity index (χ2v) is 6.08. The van der Waals surface area contributed by atoms with Gasteiger partial charge in [0.2, 0.25) is 5.88 Å². The lowest BCUT2D eigenvalue weighted by molar-refractivity contribution is -0.143. The van der Waals surface area contributed by atoms with E-state index in [-0.39, 0.29) is 11.9 Å². The van der Waals surface area contributed by atoms with Gasteiger partial charge in [-0.15, -0.1) is 0 Å². The number of nitrogens with zero attached hydrogens (tertiary/aromatic N) is 2. The minimum Gasteiger partial charge on any atom is -0.480 e. The van der Waals surface area contributed by atoms with Crippen LogP contribution in [0.25, 0.3) is 0 Å². The highest BCUT2D eigenvalue weighted by molar-refractivity contribution is 6.39. The van der Waals surface area contributed by atoms with Crippen LogP contribution in [0.15, 0.2) is 42.6 Å². The Kier molecular flexibility index (Phi) is 4.97. The summed E-state index contributed by atoms with van der Waals surface area (Å²) >= 11 is 0. The van der Waals surface area contributed by atoms with Gasteiger partial charge in [-0.2, -0.15) is 0 Å². The van der Waals surface area contributed by atoms with Gasteiger partial charge in [-0.1, -0.05) is 29.8 Å². The maximum atomic E-state index is 12.7. The molecule has 0 radical (unpaired) electrons. The summed E-state index contributed by atoms with van der Waals surface area (Å²) in [5.74, 6) is -0.931. The van der Waals surface area contributed by atoms with Crippen molar-refractivity contribution in [3.8, 4) is 5.88 Å². The summed E-state index contributed by atoms with van der Waals surface area (Å²) in [4.78, 5) is 30.7. The minimum atomic E-state index is -0.676. The number of carbonyl (C=O) groups excluding carboxylic acids is 2. The van der Waals surface area contributed by atoms with Crippen LogP contribution >= 0.6 is 0 Å². The normalized spacial score (nSPS) is 16.6. The molecule has 6 nitrogen and oxygen atoms in total. The first kappa shape index (κ1) is 17.0. The van der Waals surface area contributed by atoms with E-state index in [1.54, 1.807) is 23.2 Å². The van der Waals surface area contributed by atoms with Crippen LogP contribution in [0.5, 0.6) is 5.88 Å². The number of aryl methyl sites for hydroxylation is 1. The zero-order valence-corrected chi connectivity index (χ0v) is 14.4. The van der Waals surface area contributed by atoms with E-state index in [1.165, 1.54) is 12.7 Å². The summed E-state index contributed by atoms with van der Waals surface area (Å²) in [6, 6.07) is 11.4. The number of hydrogen-bond acceptors (Lipinski definition) is 4. The SMILES string of the molecule is COc1ncccc1NC(=O)C(=O)N1CCCC1c1ccc(C)cc1. The molecule has 0 saturated carbocycles. The average Bonchev–Trinajstić information content (AvgIpc) is 3.11. The van der Waals surface area contributed by atoms with E-state index in [0.717, 1.165) is 18.4 Å². The molecular formula is C19H21N3O3. The van der Waals surface area contributed by atoms with Crippen molar-refractivity contribution in [1.29, 1.82) is 0 Å². The number of hydrogen-bond donors (Lipinski definition) is 1. The monoisotopic (exact) mass is 339 g/mol. The van der Waals surface area contributed by atoms with Crippen molar-refractivity contribution < 1.29 is 14.3 Å². The zero-order chi connectivity index (χ0) is 17.8. The molecule has 2 amide bonds. The Bertz CT molecular complexity index is 774. The molecular weight excluding hydrogens is 318 g/mol. The van der Waals surface area contributed by atoms with Crippen molar-refractivity contribution in [2.24, 2.45) is 0 Å². The van der Waals surface area contributed by atoms with Crippen LogP contribution < -0.4 is 10.1 Å². The van der Waals surface area contributed by atoms with Gasteiger partial charge in [0.1, 0.15) is 5.69 Å². The molecule has 1 aliphatic rings. The smallest absolute Gasteiger partial charge is 0.314 e. The van der Waals surface area contributed by atoms with E-state index in [1.807, 2.05) is 31.2 Å². The molecule has 0 aliphatic carbocycles. The molecule has 1 saturated heterocycles. The van der Waals surface area contributed by atoms with Gasteiger partial charge in [-0.25, -0.2) is 4.98 Å². The third-order valence-corrected chi connectivity index (χ3v) is 4.38. The van der Waals surface area contributed by atoms with Gasteiger partial charge < -0.3 is 15.0 Å². The molecule has 1 N–H and O–H groups in total. The highest BCUT2D eigenvalue weighted by Crippen LogP contribution is 2.32. The van der Waals surface area contributed by atoms with Gasteiger partial charge in [-0.3, -0.25) is 9.59 Å². The van der Waals surface area contributed by atoms with Gasteiger partial charge in [0.05, 0.1) is 13.2 Å². The van der Waals surface area contributed by atoms with Crippen LogP contribution in [0.2, 0.25) is 0 Å². The van der Waals surface area contributed by atoms with Gasteiger partial charge in [0.25, 0.3) is 0 Å². The Morgan fingerprint density at radius 2 is 2.00 bits per heavy atom. The predicted molar refractivity (Wildman–Crippen MR) is 94.3 cm³/mol. The molecule has 6 heteroatoms. The minimum absolute atomic E-state index is 0.0605. The average molecular weight is 339 g/mol. The number of rotatable bonds is 3. The fourth-order valence-corrected chi connectivity index (χ4v) is 3.10. The lowest BCUT2D eigenvalue weighted by Crippen LogP contribution is -2.39. The van der Waals surface area contributed by atoms with E-state index in [2.05, 4.69) is 10.3 Å². The Morgan fingerprint density at radius 3 is 2.72 bits per heavy atom. The van der Waals surface area contributed by atoms with Crippen molar-refractivity contribution in [3.05, 3.63) is 53.7 Å². The molecule has 1 unspecified atom stereocenters. The molecule has 130 valence electrons. The van der Waals surface area contributed by atoms with Crippen molar-refractivity contribution in [2.75, 3.05) is 19.0 Å². The molecule has 2 heterocycles. The number of aromatic nitrogens is 1. The van der Waals surface area contributed by atoms with Crippen molar-refractivity contribution in [3.63, 3.8) is 0 Å². The molecule has 1 atom stereocenters. The fourth-order valence-electron chi connectivity index (χ4n) is 3.10. The van der Waals surface area contributed by atoms with Crippen LogP contribution in [0.3, 0.4) is 0 Å². The largest absolute Gasteiger partial charge is 0.480 e. The number of pyridine rings is 1. The second kappa shape index (κ2) is 7.34. The first-order chi connectivity index (χ1) is 12.1. The Morgan fingerprint density at radius 1 is 1.24 bits per heavy atom.